The van der Waals surface area contributed by atoms with Gasteiger partial charge in [0.05, 0.1) is 6.04 Å². The van der Waals surface area contributed by atoms with E-state index in [4.69, 9.17) is 5.73 Å². The number of nitrogens with zero attached hydrogens (tertiary/aromatic N) is 2. The van der Waals surface area contributed by atoms with E-state index >= 15 is 0 Å². The lowest BCUT2D eigenvalue weighted by atomic mass is 10.0. The van der Waals surface area contributed by atoms with Crippen molar-refractivity contribution in [3.63, 3.8) is 0 Å². The van der Waals surface area contributed by atoms with Gasteiger partial charge in [-0.25, -0.2) is 0 Å². The van der Waals surface area contributed by atoms with Crippen molar-refractivity contribution in [2.45, 2.75) is 19.4 Å². The first-order chi connectivity index (χ1) is 7.85. The molecule has 0 saturated carbocycles. The average molecular weight is 215 g/mol. The molecule has 0 aliphatic rings. The second-order valence-electron chi connectivity index (χ2n) is 3.83. The number of hydrogen-bond acceptors (Lipinski definition) is 2. The number of aryl methyl sites for hydroxylation is 1. The van der Waals surface area contributed by atoms with Crippen LogP contribution in [0.15, 0.2) is 42.7 Å². The molecule has 1 aromatic carbocycles. The number of nitrogens with two attached hydrogens (primary N) is 1. The lowest BCUT2D eigenvalue weighted by Gasteiger charge is -2.16. The molecular weight excluding hydrogens is 198 g/mol. The van der Waals surface area contributed by atoms with Crippen molar-refractivity contribution in [2.24, 2.45) is 5.73 Å². The zero-order valence-electron chi connectivity index (χ0n) is 9.50. The summed E-state index contributed by atoms with van der Waals surface area (Å²) in [6.45, 7) is 2.72. The second-order valence-corrected chi connectivity index (χ2v) is 3.83. The third kappa shape index (κ3) is 2.14. The van der Waals surface area contributed by atoms with Crippen LogP contribution in [0.3, 0.4) is 0 Å². The van der Waals surface area contributed by atoms with Crippen LogP contribution in [0.4, 0.5) is 0 Å². The summed E-state index contributed by atoms with van der Waals surface area (Å²) in [4.78, 5) is 0. The van der Waals surface area contributed by atoms with Crippen molar-refractivity contribution < 1.29 is 0 Å². The van der Waals surface area contributed by atoms with Crippen LogP contribution in [-0.2, 0) is 6.42 Å². The first-order valence-electron chi connectivity index (χ1n) is 5.63. The minimum absolute atomic E-state index is 0.140. The van der Waals surface area contributed by atoms with Crippen LogP contribution in [0.25, 0.3) is 0 Å². The summed E-state index contributed by atoms with van der Waals surface area (Å²) in [5, 5.41) is 4.24. The van der Waals surface area contributed by atoms with Gasteiger partial charge in [0.2, 0.25) is 0 Å². The normalized spacial score (nSPS) is 12.6. The summed E-state index contributed by atoms with van der Waals surface area (Å²) in [5.41, 5.74) is 8.36. The molecule has 1 aromatic heterocycles. The van der Waals surface area contributed by atoms with Crippen LogP contribution in [-0.4, -0.2) is 16.3 Å². The van der Waals surface area contributed by atoms with Crippen molar-refractivity contribution in [1.29, 1.82) is 0 Å². The van der Waals surface area contributed by atoms with E-state index in [-0.39, 0.29) is 6.04 Å². The molecule has 84 valence electrons. The van der Waals surface area contributed by atoms with Gasteiger partial charge in [0.1, 0.15) is 0 Å². The molecule has 3 nitrogen and oxygen atoms in total. The van der Waals surface area contributed by atoms with Crippen molar-refractivity contribution in [3.05, 3.63) is 53.9 Å². The number of rotatable bonds is 4. The average Bonchev–Trinajstić information content (AvgIpc) is 2.85. The topological polar surface area (TPSA) is 43.8 Å². The molecule has 0 saturated heterocycles. The molecule has 0 bridgehead atoms. The van der Waals surface area contributed by atoms with Crippen LogP contribution in [0.1, 0.15) is 24.1 Å². The minimum atomic E-state index is 0.140. The molecule has 1 unspecified atom stereocenters. The Morgan fingerprint density at radius 2 is 2.06 bits per heavy atom. The third-order valence-corrected chi connectivity index (χ3v) is 2.84. The molecule has 0 radical (unpaired) electrons. The number of benzene rings is 1. The Morgan fingerprint density at radius 1 is 1.31 bits per heavy atom. The largest absolute Gasteiger partial charge is 0.328 e. The summed E-state index contributed by atoms with van der Waals surface area (Å²) in [6, 6.07) is 10.6. The molecule has 1 atom stereocenters. The van der Waals surface area contributed by atoms with Crippen LogP contribution >= 0.6 is 0 Å². The van der Waals surface area contributed by atoms with Gasteiger partial charge in [-0.15, -0.1) is 0 Å². The quantitative estimate of drug-likeness (QED) is 0.847. The monoisotopic (exact) mass is 215 g/mol. The van der Waals surface area contributed by atoms with Crippen LogP contribution in [0.5, 0.6) is 0 Å². The lowest BCUT2D eigenvalue weighted by molar-refractivity contribution is 0.532. The lowest BCUT2D eigenvalue weighted by Crippen LogP contribution is -2.20. The van der Waals surface area contributed by atoms with E-state index < -0.39 is 0 Å². The van der Waals surface area contributed by atoms with E-state index in [1.165, 1.54) is 11.1 Å². The molecule has 0 aliphatic heterocycles. The van der Waals surface area contributed by atoms with E-state index in [1.54, 1.807) is 6.20 Å². The van der Waals surface area contributed by atoms with Crippen molar-refractivity contribution in [1.82, 2.24) is 9.78 Å². The second kappa shape index (κ2) is 4.94. The molecule has 2 aromatic rings. The maximum absolute atomic E-state index is 5.81. The van der Waals surface area contributed by atoms with Gasteiger partial charge in [-0.1, -0.05) is 31.2 Å². The molecule has 16 heavy (non-hydrogen) atoms. The van der Waals surface area contributed by atoms with E-state index in [9.17, 15) is 0 Å². The molecule has 2 rings (SSSR count). The fourth-order valence-electron chi connectivity index (χ4n) is 1.84. The zero-order valence-corrected chi connectivity index (χ0v) is 9.50. The first-order valence-corrected chi connectivity index (χ1v) is 5.63. The predicted molar refractivity (Wildman–Crippen MR) is 65.2 cm³/mol. The highest BCUT2D eigenvalue weighted by Crippen LogP contribution is 2.17. The highest BCUT2D eigenvalue weighted by atomic mass is 15.3. The standard InChI is InChI=1S/C13H17N3/c1-2-11-4-6-12(7-5-11)13(10-14)16-9-3-8-15-16/h3-9,13H,2,10,14H2,1H3. The summed E-state index contributed by atoms with van der Waals surface area (Å²) >= 11 is 0. The predicted octanol–water partition coefficient (Wildman–Crippen LogP) is 1.99. The van der Waals surface area contributed by atoms with E-state index in [0.29, 0.717) is 6.54 Å². The van der Waals surface area contributed by atoms with Crippen LogP contribution < -0.4 is 5.73 Å². The van der Waals surface area contributed by atoms with Gasteiger partial charge < -0.3 is 5.73 Å². The Labute approximate surface area is 95.9 Å². The third-order valence-electron chi connectivity index (χ3n) is 2.84. The Bertz CT molecular complexity index is 417. The smallest absolute Gasteiger partial charge is 0.0890 e. The van der Waals surface area contributed by atoms with Gasteiger partial charge >= 0.3 is 0 Å². The molecular formula is C13H17N3. The fourth-order valence-corrected chi connectivity index (χ4v) is 1.84. The minimum Gasteiger partial charge on any atom is -0.328 e. The Morgan fingerprint density at radius 3 is 2.56 bits per heavy atom. The molecule has 0 spiro atoms. The summed E-state index contributed by atoms with van der Waals surface area (Å²) < 4.78 is 1.90. The summed E-state index contributed by atoms with van der Waals surface area (Å²) in [7, 11) is 0. The Kier molecular flexibility index (Phi) is 3.37. The molecule has 2 N–H and O–H groups in total. The first kappa shape index (κ1) is 10.9. The summed E-state index contributed by atoms with van der Waals surface area (Å²) in [6.07, 6.45) is 4.80. The van der Waals surface area contributed by atoms with Crippen molar-refractivity contribution in [2.75, 3.05) is 6.54 Å². The van der Waals surface area contributed by atoms with Crippen LogP contribution in [0, 0.1) is 0 Å². The van der Waals surface area contributed by atoms with Crippen LogP contribution in [0.2, 0.25) is 0 Å². The Balaban J connectivity index is 2.27. The number of aromatic nitrogens is 2. The molecule has 3 heteroatoms. The molecule has 1 heterocycles. The van der Waals surface area contributed by atoms with Gasteiger partial charge in [0, 0.05) is 18.9 Å². The van der Waals surface area contributed by atoms with Gasteiger partial charge in [0.25, 0.3) is 0 Å². The van der Waals surface area contributed by atoms with E-state index in [0.717, 1.165) is 6.42 Å². The SMILES string of the molecule is CCc1ccc(C(CN)n2cccn2)cc1. The van der Waals surface area contributed by atoms with Gasteiger partial charge in [-0.2, -0.15) is 5.10 Å². The van der Waals surface area contributed by atoms with Gasteiger partial charge in [-0.05, 0) is 23.6 Å². The zero-order chi connectivity index (χ0) is 11.4. The fraction of sp³-hybridized carbons (Fsp3) is 0.308. The maximum atomic E-state index is 5.81. The van der Waals surface area contributed by atoms with Crippen molar-refractivity contribution >= 4 is 0 Å². The summed E-state index contributed by atoms with van der Waals surface area (Å²) in [5.74, 6) is 0. The molecule has 0 amide bonds. The van der Waals surface area contributed by atoms with Gasteiger partial charge in [-0.3, -0.25) is 4.68 Å². The molecule has 0 fully saturated rings. The van der Waals surface area contributed by atoms with E-state index in [2.05, 4.69) is 36.3 Å². The van der Waals surface area contributed by atoms with E-state index in [1.807, 2.05) is 16.9 Å². The maximum Gasteiger partial charge on any atom is 0.0890 e. The highest BCUT2D eigenvalue weighted by Gasteiger charge is 2.11. The van der Waals surface area contributed by atoms with Crippen molar-refractivity contribution in [3.8, 4) is 0 Å². The highest BCUT2D eigenvalue weighted by molar-refractivity contribution is 5.25. The Hall–Kier alpha value is -1.61. The van der Waals surface area contributed by atoms with Gasteiger partial charge in [0.15, 0.2) is 0 Å². The molecule has 0 aliphatic carbocycles. The number of hydrogen-bond donors (Lipinski definition) is 1.